The van der Waals surface area contributed by atoms with Crippen LogP contribution in [0.4, 0.5) is 5.69 Å². The van der Waals surface area contributed by atoms with Crippen LogP contribution in [0.15, 0.2) is 54.9 Å². The molecule has 86 valence electrons. The Balaban J connectivity index is 1.96. The number of aryl methyl sites for hydroxylation is 1. The molecule has 0 aliphatic heterocycles. The lowest BCUT2D eigenvalue weighted by Gasteiger charge is -2.03. The monoisotopic (exact) mass is 227 g/mol. The van der Waals surface area contributed by atoms with Crippen LogP contribution in [0, 0.1) is 6.92 Å². The van der Waals surface area contributed by atoms with E-state index in [1.165, 1.54) is 5.56 Å². The fourth-order valence-corrected chi connectivity index (χ4v) is 1.54. The lowest BCUT2D eigenvalue weighted by Crippen LogP contribution is -2.39. The Morgan fingerprint density at radius 2 is 1.76 bits per heavy atom. The lowest BCUT2D eigenvalue weighted by molar-refractivity contribution is -0.684. The van der Waals surface area contributed by atoms with Crippen LogP contribution in [0.3, 0.4) is 0 Å². The molecule has 0 saturated heterocycles. The molecule has 0 radical (unpaired) electrons. The van der Waals surface area contributed by atoms with E-state index in [1.54, 1.807) is 0 Å². The largest absolute Gasteiger partial charge is 0.321 e. The molecule has 0 spiro atoms. The zero-order chi connectivity index (χ0) is 12.1. The number of rotatable bonds is 3. The molecule has 0 fully saturated rings. The number of hydrogen-bond donors (Lipinski definition) is 1. The van der Waals surface area contributed by atoms with E-state index in [0.717, 1.165) is 5.69 Å². The van der Waals surface area contributed by atoms with E-state index in [-0.39, 0.29) is 5.91 Å². The van der Waals surface area contributed by atoms with Crippen molar-refractivity contribution in [1.29, 1.82) is 0 Å². The van der Waals surface area contributed by atoms with E-state index in [9.17, 15) is 4.79 Å². The first-order valence-electron chi connectivity index (χ1n) is 5.55. The van der Waals surface area contributed by atoms with Crippen molar-refractivity contribution in [2.45, 2.75) is 13.5 Å². The molecule has 0 atom stereocenters. The number of nitrogens with zero attached hydrogens (tertiary/aromatic N) is 1. The number of carbonyl (C=O) groups is 1. The predicted molar refractivity (Wildman–Crippen MR) is 66.4 cm³/mol. The zero-order valence-electron chi connectivity index (χ0n) is 9.76. The van der Waals surface area contributed by atoms with E-state index in [2.05, 4.69) is 5.32 Å². The van der Waals surface area contributed by atoms with Gasteiger partial charge in [0.25, 0.3) is 5.91 Å². The highest BCUT2D eigenvalue weighted by atomic mass is 16.1. The minimum atomic E-state index is -0.0231. The third kappa shape index (κ3) is 3.41. The standard InChI is InChI=1S/C14H14N2O/c1-12-5-7-13(8-6-12)15-14(17)11-16-9-3-2-4-10-16/h2-10H,11H2,1H3/p+1. The summed E-state index contributed by atoms with van der Waals surface area (Å²) in [6.45, 7) is 2.35. The van der Waals surface area contributed by atoms with Gasteiger partial charge in [0.05, 0.1) is 0 Å². The number of carbonyl (C=O) groups excluding carboxylic acids is 1. The summed E-state index contributed by atoms with van der Waals surface area (Å²) in [7, 11) is 0. The SMILES string of the molecule is Cc1ccc(NC(=O)C[n+]2ccccc2)cc1. The van der Waals surface area contributed by atoms with Gasteiger partial charge in [-0.2, -0.15) is 4.57 Å². The number of benzene rings is 1. The summed E-state index contributed by atoms with van der Waals surface area (Å²) in [6.07, 6.45) is 3.74. The van der Waals surface area contributed by atoms with E-state index >= 15 is 0 Å². The van der Waals surface area contributed by atoms with Gasteiger partial charge < -0.3 is 5.32 Å². The van der Waals surface area contributed by atoms with Crippen molar-refractivity contribution in [2.75, 3.05) is 5.32 Å². The molecule has 3 heteroatoms. The summed E-state index contributed by atoms with van der Waals surface area (Å²) >= 11 is 0. The summed E-state index contributed by atoms with van der Waals surface area (Å²) in [5.74, 6) is -0.0231. The highest BCUT2D eigenvalue weighted by Gasteiger charge is 2.08. The van der Waals surface area contributed by atoms with Crippen LogP contribution in [0.25, 0.3) is 0 Å². The van der Waals surface area contributed by atoms with Gasteiger partial charge in [-0.15, -0.1) is 0 Å². The van der Waals surface area contributed by atoms with Crippen molar-refractivity contribution in [3.8, 4) is 0 Å². The molecular formula is C14H15N2O+. The Morgan fingerprint density at radius 1 is 1.12 bits per heavy atom. The fraction of sp³-hybridized carbons (Fsp3) is 0.143. The summed E-state index contributed by atoms with van der Waals surface area (Å²) in [5, 5.41) is 2.86. The van der Waals surface area contributed by atoms with Crippen LogP contribution >= 0.6 is 0 Å². The molecule has 0 aliphatic rings. The number of hydrogen-bond acceptors (Lipinski definition) is 1. The van der Waals surface area contributed by atoms with Gasteiger partial charge in [0.2, 0.25) is 6.54 Å². The second kappa shape index (κ2) is 5.25. The Morgan fingerprint density at radius 3 is 2.41 bits per heavy atom. The Bertz CT molecular complexity index is 491. The van der Waals surface area contributed by atoms with Gasteiger partial charge in [-0.05, 0) is 19.1 Å². The van der Waals surface area contributed by atoms with Crippen LogP contribution < -0.4 is 9.88 Å². The van der Waals surface area contributed by atoms with Gasteiger partial charge in [-0.25, -0.2) is 0 Å². The van der Waals surface area contributed by atoms with Crippen molar-refractivity contribution in [3.63, 3.8) is 0 Å². The molecule has 2 aromatic rings. The van der Waals surface area contributed by atoms with Gasteiger partial charge >= 0.3 is 0 Å². The van der Waals surface area contributed by atoms with Crippen molar-refractivity contribution in [2.24, 2.45) is 0 Å². The van der Waals surface area contributed by atoms with Crippen LogP contribution in [-0.4, -0.2) is 5.91 Å². The van der Waals surface area contributed by atoms with Gasteiger partial charge in [0.1, 0.15) is 0 Å². The molecular weight excluding hydrogens is 212 g/mol. The minimum Gasteiger partial charge on any atom is -0.321 e. The normalized spacial score (nSPS) is 9.94. The third-order valence-electron chi connectivity index (χ3n) is 2.44. The van der Waals surface area contributed by atoms with E-state index in [0.29, 0.717) is 6.54 Å². The van der Waals surface area contributed by atoms with Crippen LogP contribution in [-0.2, 0) is 11.3 Å². The van der Waals surface area contributed by atoms with Gasteiger partial charge in [0.15, 0.2) is 12.4 Å². The van der Waals surface area contributed by atoms with Crippen LogP contribution in [0.2, 0.25) is 0 Å². The minimum absolute atomic E-state index is 0.0231. The number of nitrogens with one attached hydrogen (secondary N) is 1. The summed E-state index contributed by atoms with van der Waals surface area (Å²) in [5.41, 5.74) is 2.01. The second-order valence-corrected chi connectivity index (χ2v) is 3.96. The topological polar surface area (TPSA) is 33.0 Å². The first-order chi connectivity index (χ1) is 8.24. The smallest absolute Gasteiger partial charge is 0.290 e. The first kappa shape index (κ1) is 11.3. The maximum absolute atomic E-state index is 11.7. The van der Waals surface area contributed by atoms with Gasteiger partial charge in [0, 0.05) is 17.8 Å². The van der Waals surface area contributed by atoms with Crippen molar-refractivity contribution >= 4 is 11.6 Å². The summed E-state index contributed by atoms with van der Waals surface area (Å²) in [6, 6.07) is 13.5. The molecule has 0 aliphatic carbocycles. The third-order valence-corrected chi connectivity index (χ3v) is 2.44. The van der Waals surface area contributed by atoms with E-state index < -0.39 is 0 Å². The van der Waals surface area contributed by atoms with Crippen LogP contribution in [0.5, 0.6) is 0 Å². The molecule has 1 N–H and O–H groups in total. The highest BCUT2D eigenvalue weighted by molar-refractivity contribution is 5.89. The molecule has 3 nitrogen and oxygen atoms in total. The second-order valence-electron chi connectivity index (χ2n) is 3.96. The zero-order valence-corrected chi connectivity index (χ0v) is 9.76. The van der Waals surface area contributed by atoms with Crippen LogP contribution in [0.1, 0.15) is 5.56 Å². The number of pyridine rings is 1. The Kier molecular flexibility index (Phi) is 3.50. The number of amides is 1. The molecule has 1 aromatic carbocycles. The van der Waals surface area contributed by atoms with E-state index in [1.807, 2.05) is 66.3 Å². The molecule has 17 heavy (non-hydrogen) atoms. The number of aromatic nitrogens is 1. The van der Waals surface area contributed by atoms with E-state index in [4.69, 9.17) is 0 Å². The molecule has 0 saturated carbocycles. The Hall–Kier alpha value is -2.16. The quantitative estimate of drug-likeness (QED) is 0.798. The maximum Gasteiger partial charge on any atom is 0.290 e. The molecule has 1 heterocycles. The van der Waals surface area contributed by atoms with Crippen molar-refractivity contribution in [3.05, 3.63) is 60.4 Å². The highest BCUT2D eigenvalue weighted by Crippen LogP contribution is 2.07. The molecule has 1 amide bonds. The maximum atomic E-state index is 11.7. The Labute approximate surface area is 101 Å². The van der Waals surface area contributed by atoms with Gasteiger partial charge in [-0.3, -0.25) is 4.79 Å². The molecule has 1 aromatic heterocycles. The fourth-order valence-electron chi connectivity index (χ4n) is 1.54. The predicted octanol–water partition coefficient (Wildman–Crippen LogP) is 1.92. The molecule has 2 rings (SSSR count). The average Bonchev–Trinajstić information content (AvgIpc) is 2.33. The first-order valence-corrected chi connectivity index (χ1v) is 5.55. The van der Waals surface area contributed by atoms with Crippen molar-refractivity contribution in [1.82, 2.24) is 0 Å². The average molecular weight is 227 g/mol. The number of anilines is 1. The summed E-state index contributed by atoms with van der Waals surface area (Å²) in [4.78, 5) is 11.7. The van der Waals surface area contributed by atoms with Gasteiger partial charge in [-0.1, -0.05) is 23.8 Å². The van der Waals surface area contributed by atoms with Crippen molar-refractivity contribution < 1.29 is 9.36 Å². The molecule has 0 unspecified atom stereocenters. The summed E-state index contributed by atoms with van der Waals surface area (Å²) < 4.78 is 1.84. The molecule has 0 bridgehead atoms. The lowest BCUT2D eigenvalue weighted by atomic mass is 10.2.